The Hall–Kier alpha value is -2.48. The van der Waals surface area contributed by atoms with E-state index in [-0.39, 0.29) is 22.9 Å². The highest BCUT2D eigenvalue weighted by atomic mass is 32.2. The number of hydrogen-bond acceptors (Lipinski definition) is 5. The van der Waals surface area contributed by atoms with Gasteiger partial charge in [-0.3, -0.25) is 10.1 Å². The van der Waals surface area contributed by atoms with Crippen molar-refractivity contribution < 1.29 is 17.7 Å². The summed E-state index contributed by atoms with van der Waals surface area (Å²) in [4.78, 5) is 11.9. The van der Waals surface area contributed by atoms with Gasteiger partial charge in [-0.1, -0.05) is 18.2 Å². The maximum absolute atomic E-state index is 13.7. The topological polar surface area (TPSA) is 80.5 Å². The molecular formula is C16H17FN2O4S. The Bertz CT molecular complexity index is 897. The summed E-state index contributed by atoms with van der Waals surface area (Å²) in [5.74, 6) is -0.361. The molecule has 2 aromatic rings. The molecule has 0 spiro atoms. The fraction of sp³-hybridized carbons (Fsp3) is 0.250. The molecule has 6 nitrogen and oxygen atoms in total. The first-order chi connectivity index (χ1) is 11.1. The lowest BCUT2D eigenvalue weighted by atomic mass is 10.1. The van der Waals surface area contributed by atoms with E-state index >= 15 is 0 Å². The van der Waals surface area contributed by atoms with Crippen molar-refractivity contribution in [3.8, 4) is 0 Å². The summed E-state index contributed by atoms with van der Waals surface area (Å²) in [5.41, 5.74) is 0.810. The number of sulfone groups is 1. The highest BCUT2D eigenvalue weighted by Crippen LogP contribution is 2.34. The van der Waals surface area contributed by atoms with Gasteiger partial charge in [0.15, 0.2) is 9.84 Å². The summed E-state index contributed by atoms with van der Waals surface area (Å²) < 4.78 is 37.3. The Balaban J connectivity index is 2.47. The van der Waals surface area contributed by atoms with E-state index in [9.17, 15) is 22.9 Å². The smallest absolute Gasteiger partial charge is 0.311 e. The molecule has 0 N–H and O–H groups in total. The molecule has 2 rings (SSSR count). The highest BCUT2D eigenvalue weighted by molar-refractivity contribution is 7.90. The molecule has 0 amide bonds. The Kier molecular flexibility index (Phi) is 4.88. The molecule has 0 unspecified atom stereocenters. The van der Waals surface area contributed by atoms with E-state index in [4.69, 9.17) is 0 Å². The molecule has 0 saturated carbocycles. The zero-order valence-corrected chi connectivity index (χ0v) is 14.3. The van der Waals surface area contributed by atoms with Crippen molar-refractivity contribution in [1.29, 1.82) is 0 Å². The first kappa shape index (κ1) is 17.9. The van der Waals surface area contributed by atoms with Crippen LogP contribution in [0.2, 0.25) is 0 Å². The van der Waals surface area contributed by atoms with Crippen LogP contribution < -0.4 is 4.90 Å². The minimum Gasteiger partial charge on any atom is -0.365 e. The number of nitro groups is 1. The quantitative estimate of drug-likeness (QED) is 0.610. The SMILES string of the molecule is Cc1ccc(CN(C)c2cccc(S(C)(=O)=O)c2[N+](=O)[O-])cc1F. The predicted octanol–water partition coefficient (Wildman–Crippen LogP) is 3.08. The molecule has 0 aliphatic heterocycles. The molecule has 0 aromatic heterocycles. The van der Waals surface area contributed by atoms with Crippen molar-refractivity contribution >= 4 is 21.2 Å². The number of nitro benzene ring substituents is 1. The van der Waals surface area contributed by atoms with Gasteiger partial charge in [0.05, 0.1) is 4.92 Å². The van der Waals surface area contributed by atoms with E-state index in [1.165, 1.54) is 29.2 Å². The molecule has 0 fully saturated rings. The fourth-order valence-electron chi connectivity index (χ4n) is 2.40. The summed E-state index contributed by atoms with van der Waals surface area (Å²) in [6.45, 7) is 1.84. The number of hydrogen-bond donors (Lipinski definition) is 0. The van der Waals surface area contributed by atoms with Crippen LogP contribution in [0.4, 0.5) is 15.8 Å². The van der Waals surface area contributed by atoms with Crippen LogP contribution >= 0.6 is 0 Å². The standard InChI is InChI=1S/C16H17FN2O4S/c1-11-7-8-12(9-13(11)17)10-18(2)14-5-4-6-15(24(3,22)23)16(14)19(20)21/h4-9H,10H2,1-3H3. The fourth-order valence-corrected chi connectivity index (χ4v) is 3.25. The van der Waals surface area contributed by atoms with E-state index < -0.39 is 20.4 Å². The number of benzene rings is 2. The van der Waals surface area contributed by atoms with Crippen LogP contribution in [-0.2, 0) is 16.4 Å². The molecule has 0 bridgehead atoms. The third kappa shape index (κ3) is 3.70. The summed E-state index contributed by atoms with van der Waals surface area (Å²) in [5, 5.41) is 11.4. The Morgan fingerprint density at radius 1 is 1.25 bits per heavy atom. The van der Waals surface area contributed by atoms with Crippen molar-refractivity contribution in [2.45, 2.75) is 18.4 Å². The monoisotopic (exact) mass is 352 g/mol. The number of aryl methyl sites for hydroxylation is 1. The first-order valence-corrected chi connectivity index (χ1v) is 8.94. The molecular weight excluding hydrogens is 335 g/mol. The minimum atomic E-state index is -3.75. The summed E-state index contributed by atoms with van der Waals surface area (Å²) in [6, 6.07) is 8.83. The van der Waals surface area contributed by atoms with Crippen molar-refractivity contribution in [2.75, 3.05) is 18.2 Å². The molecule has 0 saturated heterocycles. The molecule has 0 aliphatic carbocycles. The number of halogens is 1. The minimum absolute atomic E-state index is 0.156. The van der Waals surface area contributed by atoms with Crippen molar-refractivity contribution in [1.82, 2.24) is 0 Å². The second-order valence-corrected chi connectivity index (χ2v) is 7.58. The van der Waals surface area contributed by atoms with Crippen LogP contribution in [0.5, 0.6) is 0 Å². The Morgan fingerprint density at radius 2 is 1.92 bits per heavy atom. The van der Waals surface area contributed by atoms with Crippen LogP contribution in [0.15, 0.2) is 41.3 Å². The number of anilines is 1. The Labute approximate surface area is 139 Å². The molecule has 8 heteroatoms. The third-order valence-electron chi connectivity index (χ3n) is 3.63. The zero-order chi connectivity index (χ0) is 18.1. The van der Waals surface area contributed by atoms with Gasteiger partial charge >= 0.3 is 5.69 Å². The summed E-state index contributed by atoms with van der Waals surface area (Å²) in [6.07, 6.45) is 0.925. The van der Waals surface area contributed by atoms with Gasteiger partial charge in [-0.2, -0.15) is 0 Å². The molecule has 128 valence electrons. The lowest BCUT2D eigenvalue weighted by Gasteiger charge is -2.20. The average molecular weight is 352 g/mol. The van der Waals surface area contributed by atoms with Crippen LogP contribution in [0.1, 0.15) is 11.1 Å². The van der Waals surface area contributed by atoms with Gasteiger partial charge in [0.1, 0.15) is 16.4 Å². The van der Waals surface area contributed by atoms with E-state index in [1.54, 1.807) is 26.1 Å². The highest BCUT2D eigenvalue weighted by Gasteiger charge is 2.27. The maximum Gasteiger partial charge on any atom is 0.311 e. The first-order valence-electron chi connectivity index (χ1n) is 7.05. The van der Waals surface area contributed by atoms with E-state index in [0.29, 0.717) is 11.1 Å². The van der Waals surface area contributed by atoms with Gasteiger partial charge in [0.2, 0.25) is 0 Å². The number of para-hydroxylation sites is 1. The zero-order valence-electron chi connectivity index (χ0n) is 13.5. The van der Waals surface area contributed by atoms with E-state index in [0.717, 1.165) is 6.26 Å². The molecule has 24 heavy (non-hydrogen) atoms. The predicted molar refractivity (Wildman–Crippen MR) is 89.5 cm³/mol. The number of rotatable bonds is 5. The van der Waals surface area contributed by atoms with Crippen molar-refractivity contribution in [3.05, 3.63) is 63.5 Å². The van der Waals surface area contributed by atoms with E-state index in [1.807, 2.05) is 0 Å². The second-order valence-electron chi connectivity index (χ2n) is 5.59. The van der Waals surface area contributed by atoms with Crippen LogP contribution in [0, 0.1) is 22.9 Å². The van der Waals surface area contributed by atoms with Gasteiger partial charge in [-0.05, 0) is 36.2 Å². The van der Waals surface area contributed by atoms with Gasteiger partial charge in [-0.25, -0.2) is 12.8 Å². The molecule has 2 aromatic carbocycles. The summed E-state index contributed by atoms with van der Waals surface area (Å²) >= 11 is 0. The van der Waals surface area contributed by atoms with Gasteiger partial charge < -0.3 is 4.90 Å². The molecule has 0 aliphatic rings. The van der Waals surface area contributed by atoms with Crippen molar-refractivity contribution in [3.63, 3.8) is 0 Å². The normalized spacial score (nSPS) is 11.3. The number of nitrogens with zero attached hydrogens (tertiary/aromatic N) is 2. The van der Waals surface area contributed by atoms with Crippen molar-refractivity contribution in [2.24, 2.45) is 0 Å². The maximum atomic E-state index is 13.7. The second kappa shape index (κ2) is 6.56. The largest absolute Gasteiger partial charge is 0.365 e. The molecule has 0 heterocycles. The van der Waals surface area contributed by atoms with E-state index in [2.05, 4.69) is 0 Å². The van der Waals surface area contributed by atoms with Crippen LogP contribution in [-0.4, -0.2) is 26.6 Å². The third-order valence-corrected chi connectivity index (χ3v) is 4.76. The summed E-state index contributed by atoms with van der Waals surface area (Å²) in [7, 11) is -2.16. The van der Waals surface area contributed by atoms with Crippen LogP contribution in [0.3, 0.4) is 0 Å². The van der Waals surface area contributed by atoms with Gasteiger partial charge in [-0.15, -0.1) is 0 Å². The average Bonchev–Trinajstić information content (AvgIpc) is 2.49. The Morgan fingerprint density at radius 3 is 2.46 bits per heavy atom. The van der Waals surface area contributed by atoms with Gasteiger partial charge in [0, 0.05) is 19.8 Å². The lowest BCUT2D eigenvalue weighted by molar-refractivity contribution is -0.387. The molecule has 0 atom stereocenters. The van der Waals surface area contributed by atoms with Crippen LogP contribution in [0.25, 0.3) is 0 Å². The van der Waals surface area contributed by atoms with Gasteiger partial charge in [0.25, 0.3) is 0 Å². The molecule has 0 radical (unpaired) electrons. The lowest BCUT2D eigenvalue weighted by Crippen LogP contribution is -2.19.